The third-order valence-corrected chi connectivity index (χ3v) is 3.79. The predicted octanol–water partition coefficient (Wildman–Crippen LogP) is 3.64. The molecule has 0 amide bonds. The summed E-state index contributed by atoms with van der Waals surface area (Å²) in [5.41, 5.74) is 3.76. The van der Waals surface area contributed by atoms with Crippen LogP contribution in [-0.2, 0) is 22.9 Å². The predicted molar refractivity (Wildman–Crippen MR) is 81.3 cm³/mol. The topological polar surface area (TPSA) is 23.4 Å². The van der Waals surface area contributed by atoms with Crippen molar-refractivity contribution in [2.75, 3.05) is 13.7 Å². The highest BCUT2D eigenvalue weighted by molar-refractivity contribution is 5.92. The second-order valence-corrected chi connectivity index (χ2v) is 4.85. The van der Waals surface area contributed by atoms with Crippen molar-refractivity contribution >= 4 is 17.0 Å². The summed E-state index contributed by atoms with van der Waals surface area (Å²) in [5, 5.41) is 1.26. The number of aromatic nitrogens is 1. The summed E-state index contributed by atoms with van der Waals surface area (Å²) in [6.07, 6.45) is 5.04. The first-order chi connectivity index (χ1) is 9.76. The normalized spacial score (nSPS) is 14.3. The van der Waals surface area contributed by atoms with Crippen LogP contribution in [0.5, 0.6) is 0 Å². The molecular formula is C17H19NO2. The van der Waals surface area contributed by atoms with Gasteiger partial charge >= 0.3 is 0 Å². The van der Waals surface area contributed by atoms with E-state index in [9.17, 15) is 0 Å². The van der Waals surface area contributed by atoms with Crippen LogP contribution in [-0.4, -0.2) is 18.3 Å². The van der Waals surface area contributed by atoms with E-state index in [4.69, 9.17) is 9.47 Å². The Labute approximate surface area is 119 Å². The van der Waals surface area contributed by atoms with E-state index in [0.717, 1.165) is 17.9 Å². The van der Waals surface area contributed by atoms with Crippen LogP contribution in [0.25, 0.3) is 17.0 Å². The molecule has 3 rings (SSSR count). The summed E-state index contributed by atoms with van der Waals surface area (Å²) in [4.78, 5) is 0. The molecule has 0 aliphatic heterocycles. The van der Waals surface area contributed by atoms with Gasteiger partial charge in [-0.2, -0.15) is 0 Å². The van der Waals surface area contributed by atoms with Gasteiger partial charge in [-0.05, 0) is 25.1 Å². The van der Waals surface area contributed by atoms with Crippen LogP contribution in [0.4, 0.5) is 0 Å². The molecule has 0 saturated heterocycles. The summed E-state index contributed by atoms with van der Waals surface area (Å²) in [6, 6.07) is 8.45. The molecule has 1 aromatic carbocycles. The van der Waals surface area contributed by atoms with Crippen molar-refractivity contribution in [1.82, 2.24) is 4.57 Å². The third kappa shape index (κ3) is 1.90. The summed E-state index contributed by atoms with van der Waals surface area (Å²) >= 11 is 0. The number of rotatable bonds is 3. The maximum Gasteiger partial charge on any atom is 0.161 e. The number of benzene rings is 1. The highest BCUT2D eigenvalue weighted by Crippen LogP contribution is 2.32. The summed E-state index contributed by atoms with van der Waals surface area (Å²) in [7, 11) is 3.80. The number of para-hydroxylation sites is 1. The molecule has 2 aromatic rings. The molecule has 3 nitrogen and oxygen atoms in total. The van der Waals surface area contributed by atoms with E-state index in [1.807, 2.05) is 6.92 Å². The number of fused-ring (bicyclic) bond motifs is 3. The Morgan fingerprint density at radius 1 is 1.20 bits per heavy atom. The Bertz CT molecular complexity index is 707. The molecule has 0 radical (unpaired) electrons. The van der Waals surface area contributed by atoms with E-state index in [-0.39, 0.29) is 0 Å². The smallest absolute Gasteiger partial charge is 0.161 e. The molecule has 0 N–H and O–H groups in total. The largest absolute Gasteiger partial charge is 0.493 e. The lowest BCUT2D eigenvalue weighted by Crippen LogP contribution is -1.98. The van der Waals surface area contributed by atoms with Gasteiger partial charge < -0.3 is 14.0 Å². The van der Waals surface area contributed by atoms with Crippen LogP contribution in [0, 0.1) is 0 Å². The van der Waals surface area contributed by atoms with Crippen molar-refractivity contribution < 1.29 is 9.47 Å². The number of aryl methyl sites for hydroxylation is 1. The van der Waals surface area contributed by atoms with Gasteiger partial charge in [-0.3, -0.25) is 0 Å². The van der Waals surface area contributed by atoms with Crippen LogP contribution < -0.4 is 0 Å². The second kappa shape index (κ2) is 5.08. The van der Waals surface area contributed by atoms with E-state index in [0.29, 0.717) is 6.61 Å². The molecule has 0 spiro atoms. The van der Waals surface area contributed by atoms with E-state index in [2.05, 4.69) is 48.0 Å². The van der Waals surface area contributed by atoms with Gasteiger partial charge in [0.25, 0.3) is 0 Å². The lowest BCUT2D eigenvalue weighted by Gasteiger charge is -2.10. The minimum atomic E-state index is 0.642. The quantitative estimate of drug-likeness (QED) is 0.849. The SMILES string of the molecule is CCOC1=CCc2c(c3ccccc3n2C)C=C1OC. The lowest BCUT2D eigenvalue weighted by molar-refractivity contribution is 0.188. The zero-order valence-electron chi connectivity index (χ0n) is 12.1. The second-order valence-electron chi connectivity index (χ2n) is 4.85. The van der Waals surface area contributed by atoms with Crippen molar-refractivity contribution in [3.05, 3.63) is 53.1 Å². The van der Waals surface area contributed by atoms with E-state index >= 15 is 0 Å². The summed E-state index contributed by atoms with van der Waals surface area (Å²) in [6.45, 7) is 2.63. The average Bonchev–Trinajstić information content (AvgIpc) is 2.63. The fraction of sp³-hybridized carbons (Fsp3) is 0.294. The monoisotopic (exact) mass is 269 g/mol. The maximum atomic E-state index is 5.68. The van der Waals surface area contributed by atoms with Crippen LogP contribution >= 0.6 is 0 Å². The number of allylic oxidation sites excluding steroid dienone is 1. The fourth-order valence-electron chi connectivity index (χ4n) is 2.82. The summed E-state index contributed by atoms with van der Waals surface area (Å²) in [5.74, 6) is 1.62. The van der Waals surface area contributed by atoms with Crippen LogP contribution in [0.3, 0.4) is 0 Å². The molecule has 1 aromatic heterocycles. The highest BCUT2D eigenvalue weighted by Gasteiger charge is 2.18. The zero-order valence-corrected chi connectivity index (χ0v) is 12.1. The zero-order chi connectivity index (χ0) is 14.1. The summed E-state index contributed by atoms with van der Waals surface area (Å²) < 4.78 is 13.4. The molecule has 1 aliphatic carbocycles. The lowest BCUT2D eigenvalue weighted by atomic mass is 10.1. The van der Waals surface area contributed by atoms with Crippen LogP contribution in [0.2, 0.25) is 0 Å². The number of hydrogen-bond donors (Lipinski definition) is 0. The third-order valence-electron chi connectivity index (χ3n) is 3.79. The van der Waals surface area contributed by atoms with Crippen LogP contribution in [0.1, 0.15) is 18.2 Å². The molecular weight excluding hydrogens is 250 g/mol. The molecule has 0 bridgehead atoms. The number of hydrogen-bond acceptors (Lipinski definition) is 2. The molecule has 20 heavy (non-hydrogen) atoms. The average molecular weight is 269 g/mol. The molecule has 0 saturated carbocycles. The number of ether oxygens (including phenoxy) is 2. The Morgan fingerprint density at radius 2 is 2.00 bits per heavy atom. The standard InChI is InChI=1S/C17H19NO2/c1-4-20-16-10-9-15-13(11-17(16)19-3)12-7-5-6-8-14(12)18(15)2/h5-8,10-11H,4,9H2,1-3H3. The van der Waals surface area contributed by atoms with Crippen molar-refractivity contribution in [1.29, 1.82) is 0 Å². The van der Waals surface area contributed by atoms with Crippen LogP contribution in [0.15, 0.2) is 41.9 Å². The van der Waals surface area contributed by atoms with Gasteiger partial charge in [0.1, 0.15) is 0 Å². The van der Waals surface area contributed by atoms with E-state index in [1.165, 1.54) is 22.2 Å². The Morgan fingerprint density at radius 3 is 2.75 bits per heavy atom. The Balaban J connectivity index is 2.22. The number of nitrogens with zero attached hydrogens (tertiary/aromatic N) is 1. The minimum Gasteiger partial charge on any atom is -0.493 e. The van der Waals surface area contributed by atoms with Crippen molar-refractivity contribution in [3.63, 3.8) is 0 Å². The molecule has 0 unspecified atom stereocenters. The van der Waals surface area contributed by atoms with Gasteiger partial charge in [0.15, 0.2) is 11.5 Å². The Kier molecular flexibility index (Phi) is 3.26. The van der Waals surface area contributed by atoms with Gasteiger partial charge in [-0.1, -0.05) is 18.2 Å². The molecule has 0 fully saturated rings. The van der Waals surface area contributed by atoms with Gasteiger partial charge in [0.2, 0.25) is 0 Å². The van der Waals surface area contributed by atoms with E-state index < -0.39 is 0 Å². The maximum absolute atomic E-state index is 5.68. The van der Waals surface area contributed by atoms with Gasteiger partial charge in [0, 0.05) is 35.6 Å². The molecule has 3 heteroatoms. The van der Waals surface area contributed by atoms with Crippen molar-refractivity contribution in [3.8, 4) is 0 Å². The van der Waals surface area contributed by atoms with Gasteiger partial charge in [-0.25, -0.2) is 0 Å². The van der Waals surface area contributed by atoms with Gasteiger partial charge in [0.05, 0.1) is 13.7 Å². The highest BCUT2D eigenvalue weighted by atomic mass is 16.5. The van der Waals surface area contributed by atoms with Gasteiger partial charge in [-0.15, -0.1) is 0 Å². The van der Waals surface area contributed by atoms with Crippen molar-refractivity contribution in [2.24, 2.45) is 7.05 Å². The Hall–Kier alpha value is -2.16. The first-order valence-corrected chi connectivity index (χ1v) is 6.91. The molecule has 1 heterocycles. The molecule has 1 aliphatic rings. The first-order valence-electron chi connectivity index (χ1n) is 6.91. The fourth-order valence-corrected chi connectivity index (χ4v) is 2.82. The van der Waals surface area contributed by atoms with E-state index in [1.54, 1.807) is 7.11 Å². The molecule has 104 valence electrons. The minimum absolute atomic E-state index is 0.642. The van der Waals surface area contributed by atoms with Crippen molar-refractivity contribution in [2.45, 2.75) is 13.3 Å². The molecule has 0 atom stereocenters. The first kappa shape index (κ1) is 12.9. The number of methoxy groups -OCH3 is 1.